The van der Waals surface area contributed by atoms with Crippen LogP contribution < -0.4 is 10.1 Å². The van der Waals surface area contributed by atoms with Gasteiger partial charge in [-0.2, -0.15) is 0 Å². The Bertz CT molecular complexity index is 796. The molecule has 2 amide bonds. The van der Waals surface area contributed by atoms with Gasteiger partial charge in [-0.3, -0.25) is 9.59 Å². The summed E-state index contributed by atoms with van der Waals surface area (Å²) in [6, 6.07) is 14.3. The minimum atomic E-state index is -0.605. The summed E-state index contributed by atoms with van der Waals surface area (Å²) in [5, 5.41) is 2.86. The van der Waals surface area contributed by atoms with E-state index in [1.165, 1.54) is 0 Å². The number of carbonyl (C=O) groups excluding carboxylic acids is 2. The number of ether oxygens (including phenoxy) is 1. The Morgan fingerprint density at radius 2 is 1.82 bits per heavy atom. The van der Waals surface area contributed by atoms with E-state index < -0.39 is 6.04 Å². The molecule has 0 radical (unpaired) electrons. The minimum Gasteiger partial charge on any atom is -0.484 e. The van der Waals surface area contributed by atoms with Gasteiger partial charge in [-0.25, -0.2) is 0 Å². The second kappa shape index (κ2) is 11.2. The van der Waals surface area contributed by atoms with E-state index in [9.17, 15) is 9.59 Å². The molecule has 0 aliphatic carbocycles. The number of carbonyl (C=O) groups is 2. The summed E-state index contributed by atoms with van der Waals surface area (Å²) in [7, 11) is 0. The first kappa shape index (κ1) is 22.4. The second-order valence-electron chi connectivity index (χ2n) is 6.36. The molecule has 0 aliphatic heterocycles. The predicted octanol–water partition coefficient (Wildman–Crippen LogP) is 4.53. The minimum absolute atomic E-state index is 0.138. The first-order valence-electron chi connectivity index (χ1n) is 9.10. The highest BCUT2D eigenvalue weighted by atomic mass is 79.9. The molecule has 1 N–H and O–H groups in total. The highest BCUT2D eigenvalue weighted by Crippen LogP contribution is 2.18. The molecular formula is C21H24Br2N2O3. The van der Waals surface area contributed by atoms with Crippen molar-refractivity contribution in [2.45, 2.75) is 32.9 Å². The van der Waals surface area contributed by atoms with Crippen LogP contribution in [0.2, 0.25) is 0 Å². The maximum atomic E-state index is 12.9. The molecule has 7 heteroatoms. The first-order chi connectivity index (χ1) is 13.4. The van der Waals surface area contributed by atoms with E-state index in [1.54, 1.807) is 24.0 Å². The van der Waals surface area contributed by atoms with Crippen molar-refractivity contribution in [3.8, 4) is 5.75 Å². The van der Waals surface area contributed by atoms with E-state index >= 15 is 0 Å². The lowest BCUT2D eigenvalue weighted by Crippen LogP contribution is -2.49. The van der Waals surface area contributed by atoms with E-state index in [1.807, 2.05) is 43.3 Å². The van der Waals surface area contributed by atoms with Gasteiger partial charge in [0.25, 0.3) is 5.91 Å². The Labute approximate surface area is 182 Å². The van der Waals surface area contributed by atoms with Crippen LogP contribution in [0.15, 0.2) is 57.5 Å². The zero-order valence-electron chi connectivity index (χ0n) is 16.0. The SMILES string of the molecule is CCCNC(=O)[C@@H](C)N(Cc1cccc(Br)c1)C(=O)COc1ccc(Br)cc1. The summed E-state index contributed by atoms with van der Waals surface area (Å²) >= 11 is 6.81. The molecule has 2 aromatic rings. The van der Waals surface area contributed by atoms with Crippen molar-refractivity contribution in [3.63, 3.8) is 0 Å². The number of benzene rings is 2. The Balaban J connectivity index is 2.12. The maximum absolute atomic E-state index is 12.9. The van der Waals surface area contributed by atoms with Crippen LogP contribution in [0.3, 0.4) is 0 Å². The van der Waals surface area contributed by atoms with Crippen LogP contribution in [0.1, 0.15) is 25.8 Å². The standard InChI is InChI=1S/C21H24Br2N2O3/c1-3-11-24-21(27)15(2)25(13-16-5-4-6-18(23)12-16)20(26)14-28-19-9-7-17(22)8-10-19/h4-10,12,15H,3,11,13-14H2,1-2H3,(H,24,27)/t15-/m1/s1. The average molecular weight is 512 g/mol. The summed E-state index contributed by atoms with van der Waals surface area (Å²) in [4.78, 5) is 26.9. The maximum Gasteiger partial charge on any atom is 0.261 e. The summed E-state index contributed by atoms with van der Waals surface area (Å²) in [6.07, 6.45) is 0.838. The molecule has 2 rings (SSSR count). The van der Waals surface area contributed by atoms with Crippen molar-refractivity contribution in [1.29, 1.82) is 0 Å². The number of hydrogen-bond acceptors (Lipinski definition) is 3. The third-order valence-corrected chi connectivity index (χ3v) is 5.16. The summed E-state index contributed by atoms with van der Waals surface area (Å²) < 4.78 is 7.48. The fourth-order valence-corrected chi connectivity index (χ4v) is 3.28. The molecule has 0 bridgehead atoms. The second-order valence-corrected chi connectivity index (χ2v) is 8.19. The van der Waals surface area contributed by atoms with Crippen LogP contribution in [0, 0.1) is 0 Å². The van der Waals surface area contributed by atoms with Crippen LogP contribution in [0.4, 0.5) is 0 Å². The van der Waals surface area contributed by atoms with E-state index in [-0.39, 0.29) is 18.4 Å². The van der Waals surface area contributed by atoms with Crippen LogP contribution in [0.25, 0.3) is 0 Å². The number of nitrogens with one attached hydrogen (secondary N) is 1. The normalized spacial score (nSPS) is 11.6. The molecular weight excluding hydrogens is 488 g/mol. The Morgan fingerprint density at radius 3 is 2.46 bits per heavy atom. The molecule has 28 heavy (non-hydrogen) atoms. The number of amides is 2. The summed E-state index contributed by atoms with van der Waals surface area (Å²) in [5.74, 6) is 0.179. The zero-order valence-corrected chi connectivity index (χ0v) is 19.1. The average Bonchev–Trinajstić information content (AvgIpc) is 2.69. The highest BCUT2D eigenvalue weighted by molar-refractivity contribution is 9.10. The molecule has 0 unspecified atom stereocenters. The molecule has 150 valence electrons. The molecule has 0 aromatic heterocycles. The van der Waals surface area contributed by atoms with Crippen molar-refractivity contribution >= 4 is 43.7 Å². The van der Waals surface area contributed by atoms with Crippen LogP contribution in [0.5, 0.6) is 5.75 Å². The summed E-state index contributed by atoms with van der Waals surface area (Å²) in [5.41, 5.74) is 0.932. The predicted molar refractivity (Wildman–Crippen MR) is 117 cm³/mol. The molecule has 1 atom stereocenters. The van der Waals surface area contributed by atoms with Gasteiger partial charge in [-0.05, 0) is 55.3 Å². The fourth-order valence-electron chi connectivity index (χ4n) is 2.57. The van der Waals surface area contributed by atoms with Crippen molar-refractivity contribution in [2.75, 3.05) is 13.2 Å². The number of hydrogen-bond donors (Lipinski definition) is 1. The van der Waals surface area contributed by atoms with Gasteiger partial charge >= 0.3 is 0 Å². The third kappa shape index (κ3) is 6.95. The largest absolute Gasteiger partial charge is 0.484 e. The van der Waals surface area contributed by atoms with Gasteiger partial charge in [0.05, 0.1) is 0 Å². The van der Waals surface area contributed by atoms with Gasteiger partial charge < -0.3 is 15.0 Å². The number of rotatable bonds is 9. The number of nitrogens with zero attached hydrogens (tertiary/aromatic N) is 1. The molecule has 5 nitrogen and oxygen atoms in total. The number of halogens is 2. The van der Waals surface area contributed by atoms with Gasteiger partial charge in [-0.15, -0.1) is 0 Å². The third-order valence-electron chi connectivity index (χ3n) is 4.13. The molecule has 0 heterocycles. The lowest BCUT2D eigenvalue weighted by Gasteiger charge is -2.28. The van der Waals surface area contributed by atoms with Crippen LogP contribution in [-0.2, 0) is 16.1 Å². The Kier molecular flexibility index (Phi) is 8.99. The van der Waals surface area contributed by atoms with Crippen molar-refractivity contribution in [2.24, 2.45) is 0 Å². The van der Waals surface area contributed by atoms with Gasteiger partial charge in [0.2, 0.25) is 5.91 Å². The van der Waals surface area contributed by atoms with Gasteiger partial charge in [0.1, 0.15) is 11.8 Å². The monoisotopic (exact) mass is 510 g/mol. The Hall–Kier alpha value is -1.86. The smallest absolute Gasteiger partial charge is 0.261 e. The molecule has 0 fully saturated rings. The van der Waals surface area contributed by atoms with Crippen molar-refractivity contribution in [1.82, 2.24) is 10.2 Å². The highest BCUT2D eigenvalue weighted by Gasteiger charge is 2.26. The van der Waals surface area contributed by atoms with Gasteiger partial charge in [-0.1, -0.05) is 50.9 Å². The first-order valence-corrected chi connectivity index (χ1v) is 10.7. The molecule has 0 spiro atoms. The van der Waals surface area contributed by atoms with Crippen molar-refractivity contribution < 1.29 is 14.3 Å². The molecule has 0 saturated heterocycles. The van der Waals surface area contributed by atoms with E-state index in [0.717, 1.165) is 20.9 Å². The summed E-state index contributed by atoms with van der Waals surface area (Å²) in [6.45, 7) is 4.49. The molecule has 2 aromatic carbocycles. The fraction of sp³-hybridized carbons (Fsp3) is 0.333. The molecule has 0 aliphatic rings. The van der Waals surface area contributed by atoms with Gasteiger partial charge in [0.15, 0.2) is 6.61 Å². The topological polar surface area (TPSA) is 58.6 Å². The molecule has 0 saturated carbocycles. The van der Waals surface area contributed by atoms with E-state index in [4.69, 9.17) is 4.74 Å². The Morgan fingerprint density at radius 1 is 1.11 bits per heavy atom. The lowest BCUT2D eigenvalue weighted by molar-refractivity contribution is -0.142. The van der Waals surface area contributed by atoms with Crippen LogP contribution >= 0.6 is 31.9 Å². The quantitative estimate of drug-likeness (QED) is 0.538. The lowest BCUT2D eigenvalue weighted by atomic mass is 10.1. The van der Waals surface area contributed by atoms with E-state index in [0.29, 0.717) is 18.8 Å². The van der Waals surface area contributed by atoms with Crippen molar-refractivity contribution in [3.05, 3.63) is 63.0 Å². The zero-order chi connectivity index (χ0) is 20.5. The van der Waals surface area contributed by atoms with E-state index in [2.05, 4.69) is 37.2 Å². The van der Waals surface area contributed by atoms with Gasteiger partial charge in [0, 0.05) is 22.0 Å². The van der Waals surface area contributed by atoms with Crippen LogP contribution in [-0.4, -0.2) is 35.9 Å².